The number of fused-ring (bicyclic) bond motifs is 3. The van der Waals surface area contributed by atoms with Crippen molar-refractivity contribution in [3.8, 4) is 50.2 Å². The first-order chi connectivity index (χ1) is 29.9. The molecule has 0 amide bonds. The van der Waals surface area contributed by atoms with Crippen molar-refractivity contribution in [2.45, 2.75) is 0 Å². The molecule has 0 bridgehead atoms. The van der Waals surface area contributed by atoms with Gasteiger partial charge in [-0.3, -0.25) is 0 Å². The maximum Gasteiger partial charge on any atom is 0.0645 e. The molecule has 264 valence electrons. The van der Waals surface area contributed by atoms with Crippen molar-refractivity contribution in [3.63, 3.8) is 0 Å². The molecule has 0 aliphatic heterocycles. The molecular formula is C54H38N2. The Morgan fingerprint density at radius 3 is 1.39 bits per heavy atom. The van der Waals surface area contributed by atoms with Crippen molar-refractivity contribution in [2.24, 2.45) is 0 Å². The molecule has 10 aromatic rings. The molecule has 0 saturated heterocycles. The van der Waals surface area contributed by atoms with E-state index >= 15 is 0 Å². The minimum Gasteiger partial charge on any atom is -0.310 e. The average Bonchev–Trinajstić information content (AvgIpc) is 3.66. The van der Waals surface area contributed by atoms with Crippen molar-refractivity contribution >= 4 is 38.9 Å². The highest BCUT2D eigenvalue weighted by Crippen LogP contribution is 2.45. The number of aromatic nitrogens is 1. The van der Waals surface area contributed by atoms with Gasteiger partial charge in [-0.05, 0) is 93.5 Å². The molecule has 0 aliphatic carbocycles. The maximum absolute atomic E-state index is 8.95. The third kappa shape index (κ3) is 6.04. The minimum absolute atomic E-state index is 0.123. The number of hydrogen-bond acceptors (Lipinski definition) is 1. The largest absolute Gasteiger partial charge is 0.310 e. The summed E-state index contributed by atoms with van der Waals surface area (Å²) in [5, 5.41) is 1.84. The van der Waals surface area contributed by atoms with Gasteiger partial charge in [-0.2, -0.15) is 0 Å². The van der Waals surface area contributed by atoms with Gasteiger partial charge < -0.3 is 9.47 Å². The first-order valence-corrected chi connectivity index (χ1v) is 18.8. The number of rotatable bonds is 8. The zero-order valence-corrected chi connectivity index (χ0v) is 30.4. The average molecular weight is 720 g/mol. The van der Waals surface area contributed by atoms with E-state index in [1.165, 1.54) is 11.1 Å². The molecule has 1 aromatic heterocycles. The molecule has 0 aliphatic rings. The van der Waals surface area contributed by atoms with Crippen LogP contribution in [0.1, 0.15) is 6.85 Å². The van der Waals surface area contributed by atoms with Gasteiger partial charge in [0.25, 0.3) is 0 Å². The Hall–Kier alpha value is -7.42. The minimum atomic E-state index is -0.417. The predicted molar refractivity (Wildman–Crippen MR) is 237 cm³/mol. The Kier molecular flexibility index (Phi) is 7.24. The normalized spacial score (nSPS) is 12.5. The molecule has 56 heavy (non-hydrogen) atoms. The molecular weight excluding hydrogens is 677 g/mol. The fraction of sp³-hybridized carbons (Fsp3) is 0. The van der Waals surface area contributed by atoms with Gasteiger partial charge in [0.1, 0.15) is 0 Å². The van der Waals surface area contributed by atoms with E-state index in [1.807, 2.05) is 59.2 Å². The third-order valence-electron chi connectivity index (χ3n) is 10.5. The maximum atomic E-state index is 8.95. The number of nitrogens with zero attached hydrogens (tertiary/aromatic N) is 2. The smallest absolute Gasteiger partial charge is 0.0645 e. The van der Waals surface area contributed by atoms with Crippen LogP contribution in [0.25, 0.3) is 72.0 Å². The van der Waals surface area contributed by atoms with Gasteiger partial charge in [0.2, 0.25) is 0 Å². The first kappa shape index (κ1) is 28.1. The summed E-state index contributed by atoms with van der Waals surface area (Å²) in [5.74, 6) is 0. The van der Waals surface area contributed by atoms with Crippen LogP contribution in [0.4, 0.5) is 17.1 Å². The molecule has 0 atom stereocenters. The van der Waals surface area contributed by atoms with Crippen molar-refractivity contribution in [1.29, 1.82) is 0 Å². The number of para-hydroxylation sites is 3. The Balaban J connectivity index is 1.14. The predicted octanol–water partition coefficient (Wildman–Crippen LogP) is 14.9. The summed E-state index contributed by atoms with van der Waals surface area (Å²) in [7, 11) is 0. The summed E-state index contributed by atoms with van der Waals surface area (Å²) < 4.78 is 45.0. The molecule has 9 aromatic carbocycles. The lowest BCUT2D eigenvalue weighted by atomic mass is 9.96. The van der Waals surface area contributed by atoms with Crippen molar-refractivity contribution < 1.29 is 6.85 Å². The molecule has 0 N–H and O–H groups in total. The topological polar surface area (TPSA) is 8.17 Å². The molecule has 1 heterocycles. The molecule has 0 spiro atoms. The summed E-state index contributed by atoms with van der Waals surface area (Å²) >= 11 is 0. The van der Waals surface area contributed by atoms with Crippen LogP contribution in [0.15, 0.2) is 230 Å². The quantitative estimate of drug-likeness (QED) is 0.152. The highest BCUT2D eigenvalue weighted by atomic mass is 15.1. The number of anilines is 3. The van der Waals surface area contributed by atoms with E-state index < -0.39 is 6.04 Å². The van der Waals surface area contributed by atoms with Crippen molar-refractivity contribution in [3.05, 3.63) is 230 Å². The highest BCUT2D eigenvalue weighted by Gasteiger charge is 2.21. The Morgan fingerprint density at radius 2 is 0.804 bits per heavy atom. The van der Waals surface area contributed by atoms with E-state index in [9.17, 15) is 0 Å². The highest BCUT2D eigenvalue weighted by molar-refractivity contribution is 6.17. The van der Waals surface area contributed by atoms with Crippen LogP contribution in [0, 0.1) is 0 Å². The molecule has 0 unspecified atom stereocenters. The van der Waals surface area contributed by atoms with Crippen LogP contribution in [0.3, 0.4) is 0 Å². The summed E-state index contributed by atoms with van der Waals surface area (Å²) in [6.07, 6.45) is 0. The second-order valence-electron chi connectivity index (χ2n) is 13.8. The van der Waals surface area contributed by atoms with Gasteiger partial charge >= 0.3 is 0 Å². The summed E-state index contributed by atoms with van der Waals surface area (Å²) in [5.41, 5.74) is 13.4. The van der Waals surface area contributed by atoms with Crippen LogP contribution in [0.5, 0.6) is 0 Å². The number of hydrogen-bond donors (Lipinski definition) is 0. The SMILES string of the molecule is [2H]c1c([2H])c([2H])c(-n2c3ccccc3c3c(-c4ccccc4N(c4ccc(-c5ccccc5)cc4)c4ccc(-c5ccc(-c6ccccc6)cc5)cc4)cccc32)c([2H])c1[2H]. The van der Waals surface area contributed by atoms with Gasteiger partial charge in [0.15, 0.2) is 0 Å². The Labute approximate surface area is 334 Å². The van der Waals surface area contributed by atoms with Crippen LogP contribution in [0.2, 0.25) is 0 Å². The first-order valence-electron chi connectivity index (χ1n) is 21.3. The lowest BCUT2D eigenvalue weighted by Gasteiger charge is -2.28. The van der Waals surface area contributed by atoms with Gasteiger partial charge in [-0.25, -0.2) is 0 Å². The second kappa shape index (κ2) is 14.4. The molecule has 0 saturated carbocycles. The zero-order valence-electron chi connectivity index (χ0n) is 35.4. The van der Waals surface area contributed by atoms with Crippen LogP contribution in [-0.2, 0) is 0 Å². The van der Waals surface area contributed by atoms with Gasteiger partial charge in [-0.1, -0.05) is 176 Å². The fourth-order valence-electron chi connectivity index (χ4n) is 7.89. The molecule has 2 nitrogen and oxygen atoms in total. The third-order valence-corrected chi connectivity index (χ3v) is 10.5. The van der Waals surface area contributed by atoms with Crippen LogP contribution < -0.4 is 4.90 Å². The van der Waals surface area contributed by atoms with E-state index in [0.717, 1.165) is 72.2 Å². The molecule has 0 fully saturated rings. The lowest BCUT2D eigenvalue weighted by Crippen LogP contribution is -2.11. The van der Waals surface area contributed by atoms with E-state index in [0.29, 0.717) is 0 Å². The Morgan fingerprint density at radius 1 is 0.357 bits per heavy atom. The molecule has 10 rings (SSSR count). The van der Waals surface area contributed by atoms with Gasteiger partial charge in [0, 0.05) is 33.4 Å². The van der Waals surface area contributed by atoms with Gasteiger partial charge in [-0.15, -0.1) is 0 Å². The van der Waals surface area contributed by atoms with Gasteiger partial charge in [0.05, 0.1) is 23.6 Å². The second-order valence-corrected chi connectivity index (χ2v) is 13.8. The molecule has 0 radical (unpaired) electrons. The van der Waals surface area contributed by atoms with E-state index in [2.05, 4.69) is 150 Å². The number of benzene rings is 9. The van der Waals surface area contributed by atoms with Crippen molar-refractivity contribution in [2.75, 3.05) is 4.90 Å². The zero-order chi connectivity index (χ0) is 41.6. The lowest BCUT2D eigenvalue weighted by molar-refractivity contribution is 1.18. The summed E-state index contributed by atoms with van der Waals surface area (Å²) in [6, 6.07) is 67.5. The monoisotopic (exact) mass is 719 g/mol. The fourth-order valence-corrected chi connectivity index (χ4v) is 7.89. The van der Waals surface area contributed by atoms with Crippen molar-refractivity contribution in [1.82, 2.24) is 4.57 Å². The van der Waals surface area contributed by atoms with Crippen LogP contribution >= 0.6 is 0 Å². The summed E-state index contributed by atoms with van der Waals surface area (Å²) in [6.45, 7) is 0. The van der Waals surface area contributed by atoms with Crippen LogP contribution in [-0.4, -0.2) is 4.57 Å². The van der Waals surface area contributed by atoms with E-state index in [4.69, 9.17) is 6.85 Å². The molecule has 2 heteroatoms. The van der Waals surface area contributed by atoms with E-state index in [-0.39, 0.29) is 29.9 Å². The van der Waals surface area contributed by atoms with E-state index in [1.54, 1.807) is 0 Å². The Bertz CT molecular complexity index is 3190. The standard InChI is InChI=1S/C54H38N2/c1-4-15-39(16-5-1)41-27-29-42(30-28-41)44-33-37-47(38-34-44)55(46-35-31-43(32-36-46)40-17-6-2-7-18-40)51-24-12-10-21-48(51)49-23-14-26-53-54(49)50-22-11-13-25-52(50)56(53)45-19-8-3-9-20-45/h1-38H/i3D,8D,9D,19D,20D. The summed E-state index contributed by atoms with van der Waals surface area (Å²) in [4.78, 5) is 2.29.